The minimum absolute atomic E-state index is 0.543. The average molecular weight is 507 g/mol. The number of benzene rings is 3. The molecular weight excluding hydrogens is 484 g/mol. The van der Waals surface area contributed by atoms with Crippen LogP contribution in [0.5, 0.6) is 11.6 Å². The van der Waals surface area contributed by atoms with Crippen molar-refractivity contribution < 1.29 is 9.47 Å². The van der Waals surface area contributed by atoms with E-state index < -0.39 is 0 Å². The van der Waals surface area contributed by atoms with Crippen molar-refractivity contribution in [3.8, 4) is 45.1 Å². The van der Waals surface area contributed by atoms with Gasteiger partial charge in [-0.3, -0.25) is 0 Å². The molecule has 6 rings (SSSR count). The van der Waals surface area contributed by atoms with E-state index in [4.69, 9.17) is 19.6 Å². The van der Waals surface area contributed by atoms with E-state index >= 15 is 0 Å². The molecule has 0 aliphatic heterocycles. The molecule has 0 spiro atoms. The van der Waals surface area contributed by atoms with Crippen LogP contribution < -0.4 is 14.8 Å². The number of fused-ring (bicyclic) bond motifs is 1. The molecular formula is C28H22N6O2S. The van der Waals surface area contributed by atoms with Crippen LogP contribution >= 0.6 is 11.5 Å². The topological polar surface area (TPSA) is 86.5 Å². The van der Waals surface area contributed by atoms with Crippen molar-refractivity contribution in [3.05, 3.63) is 91.3 Å². The Bertz CT molecular complexity index is 1650. The summed E-state index contributed by atoms with van der Waals surface area (Å²) in [7, 11) is 3.29. The first kappa shape index (κ1) is 22.7. The minimum atomic E-state index is 0.543. The molecule has 8 nitrogen and oxygen atoms in total. The van der Waals surface area contributed by atoms with E-state index in [2.05, 4.69) is 26.8 Å². The molecule has 0 aliphatic carbocycles. The Morgan fingerprint density at radius 1 is 0.757 bits per heavy atom. The van der Waals surface area contributed by atoms with E-state index in [-0.39, 0.29) is 0 Å². The van der Waals surface area contributed by atoms with Crippen LogP contribution in [0.3, 0.4) is 0 Å². The zero-order valence-electron chi connectivity index (χ0n) is 20.1. The van der Waals surface area contributed by atoms with Gasteiger partial charge in [0.1, 0.15) is 23.6 Å². The molecule has 0 atom stereocenters. The average Bonchev–Trinajstić information content (AvgIpc) is 3.61. The molecule has 0 saturated carbocycles. The van der Waals surface area contributed by atoms with Gasteiger partial charge in [0.15, 0.2) is 5.65 Å². The van der Waals surface area contributed by atoms with Crippen LogP contribution in [0, 0.1) is 0 Å². The van der Waals surface area contributed by atoms with E-state index in [1.807, 2.05) is 72.8 Å². The minimum Gasteiger partial charge on any atom is -0.497 e. The molecule has 0 bridgehead atoms. The highest BCUT2D eigenvalue weighted by atomic mass is 32.1. The number of nitrogens with one attached hydrogen (secondary N) is 1. The zero-order valence-corrected chi connectivity index (χ0v) is 20.9. The molecule has 0 aliphatic rings. The molecule has 0 amide bonds. The first-order chi connectivity index (χ1) is 18.3. The van der Waals surface area contributed by atoms with Crippen molar-refractivity contribution in [1.82, 2.24) is 24.0 Å². The molecule has 182 valence electrons. The van der Waals surface area contributed by atoms with Gasteiger partial charge in [0.25, 0.3) is 0 Å². The highest BCUT2D eigenvalue weighted by Crippen LogP contribution is 2.42. The summed E-state index contributed by atoms with van der Waals surface area (Å²) in [5.41, 5.74) is 6.00. The van der Waals surface area contributed by atoms with Gasteiger partial charge in [-0.1, -0.05) is 72.8 Å². The van der Waals surface area contributed by atoms with E-state index in [0.29, 0.717) is 22.5 Å². The lowest BCUT2D eigenvalue weighted by Crippen LogP contribution is -2.06. The maximum Gasteiger partial charge on any atom is 0.228 e. The molecule has 0 fully saturated rings. The van der Waals surface area contributed by atoms with Gasteiger partial charge in [0.05, 0.1) is 25.3 Å². The standard InChI is InChI=1S/C28H22N6O2S/c1-35-21-15-13-19(14-16-21)23-25(32-28-29-17-30-37-28)31-26-22(18-9-5-3-6-10-18)24(20-11-7-4-8-12-20)33-34(26)27(23)36-2/h3-17H,1-2H3,(H,29,30,31,32). The Kier molecular flexibility index (Phi) is 5.95. The normalized spacial score (nSPS) is 11.0. The fourth-order valence-corrected chi connectivity index (χ4v) is 4.75. The Morgan fingerprint density at radius 3 is 2.05 bits per heavy atom. The van der Waals surface area contributed by atoms with Gasteiger partial charge in [-0.2, -0.15) is 14.0 Å². The van der Waals surface area contributed by atoms with Crippen LogP contribution in [-0.2, 0) is 0 Å². The van der Waals surface area contributed by atoms with Crippen LogP contribution in [0.4, 0.5) is 10.9 Å². The third kappa shape index (κ3) is 4.15. The van der Waals surface area contributed by atoms with Crippen LogP contribution in [-0.4, -0.2) is 38.2 Å². The predicted molar refractivity (Wildman–Crippen MR) is 146 cm³/mol. The number of hydrogen-bond acceptors (Lipinski definition) is 8. The molecule has 9 heteroatoms. The lowest BCUT2D eigenvalue weighted by Gasteiger charge is -2.16. The molecule has 6 aromatic rings. The lowest BCUT2D eigenvalue weighted by atomic mass is 10.0. The second-order valence-electron chi connectivity index (χ2n) is 8.14. The maximum atomic E-state index is 6.03. The largest absolute Gasteiger partial charge is 0.497 e. The summed E-state index contributed by atoms with van der Waals surface area (Å²) in [5, 5.41) is 9.02. The Balaban J connectivity index is 1.69. The Morgan fingerprint density at radius 2 is 1.43 bits per heavy atom. The summed E-state index contributed by atoms with van der Waals surface area (Å²) in [4.78, 5) is 9.43. The number of methoxy groups -OCH3 is 2. The number of anilines is 2. The van der Waals surface area contributed by atoms with E-state index in [0.717, 1.165) is 39.3 Å². The first-order valence-corrected chi connectivity index (χ1v) is 12.3. The Hall–Kier alpha value is -4.76. The van der Waals surface area contributed by atoms with Gasteiger partial charge < -0.3 is 14.8 Å². The molecule has 0 unspecified atom stereocenters. The van der Waals surface area contributed by atoms with Crippen molar-refractivity contribution in [2.45, 2.75) is 0 Å². The lowest BCUT2D eigenvalue weighted by molar-refractivity contribution is 0.387. The van der Waals surface area contributed by atoms with Gasteiger partial charge in [-0.05, 0) is 23.3 Å². The number of aromatic nitrogens is 5. The first-order valence-electron chi connectivity index (χ1n) is 11.6. The van der Waals surface area contributed by atoms with Gasteiger partial charge in [-0.25, -0.2) is 9.97 Å². The van der Waals surface area contributed by atoms with Gasteiger partial charge in [-0.15, -0.1) is 0 Å². The summed E-state index contributed by atoms with van der Waals surface area (Å²) in [6, 6.07) is 28.0. The van der Waals surface area contributed by atoms with Gasteiger partial charge in [0.2, 0.25) is 11.0 Å². The molecule has 3 aromatic heterocycles. The summed E-state index contributed by atoms with van der Waals surface area (Å²) in [6.07, 6.45) is 1.51. The molecule has 37 heavy (non-hydrogen) atoms. The summed E-state index contributed by atoms with van der Waals surface area (Å²) >= 11 is 1.25. The summed E-state index contributed by atoms with van der Waals surface area (Å²) < 4.78 is 17.3. The van der Waals surface area contributed by atoms with Gasteiger partial charge in [0, 0.05) is 17.1 Å². The van der Waals surface area contributed by atoms with Gasteiger partial charge >= 0.3 is 0 Å². The highest BCUT2D eigenvalue weighted by molar-refractivity contribution is 7.09. The zero-order chi connectivity index (χ0) is 25.2. The van der Waals surface area contributed by atoms with E-state index in [9.17, 15) is 0 Å². The van der Waals surface area contributed by atoms with Crippen molar-refractivity contribution >= 4 is 28.1 Å². The third-order valence-electron chi connectivity index (χ3n) is 5.99. The van der Waals surface area contributed by atoms with E-state index in [1.54, 1.807) is 18.7 Å². The predicted octanol–water partition coefficient (Wildman–Crippen LogP) is 6.34. The fourth-order valence-electron chi connectivity index (χ4n) is 4.32. The highest BCUT2D eigenvalue weighted by Gasteiger charge is 2.25. The SMILES string of the molecule is COc1ccc(-c2c(Nc3ncns3)nc3c(-c4ccccc4)c(-c4ccccc4)nn3c2OC)cc1. The molecule has 3 heterocycles. The number of ether oxygens (including phenoxy) is 2. The van der Waals surface area contributed by atoms with Crippen LogP contribution in [0.25, 0.3) is 39.2 Å². The third-order valence-corrected chi connectivity index (χ3v) is 6.57. The fraction of sp³-hybridized carbons (Fsp3) is 0.0714. The van der Waals surface area contributed by atoms with Crippen LogP contribution in [0.1, 0.15) is 0 Å². The molecule has 3 aromatic carbocycles. The maximum absolute atomic E-state index is 6.03. The van der Waals surface area contributed by atoms with E-state index in [1.165, 1.54) is 17.9 Å². The monoisotopic (exact) mass is 506 g/mol. The van der Waals surface area contributed by atoms with Crippen molar-refractivity contribution in [2.75, 3.05) is 19.5 Å². The van der Waals surface area contributed by atoms with Crippen LogP contribution in [0.15, 0.2) is 91.3 Å². The second kappa shape index (κ2) is 9.71. The smallest absolute Gasteiger partial charge is 0.228 e. The Labute approximate surface area is 217 Å². The van der Waals surface area contributed by atoms with Crippen molar-refractivity contribution in [3.63, 3.8) is 0 Å². The molecule has 0 radical (unpaired) electrons. The molecule has 0 saturated heterocycles. The number of rotatable bonds is 7. The quantitative estimate of drug-likeness (QED) is 0.270. The van der Waals surface area contributed by atoms with Crippen LogP contribution in [0.2, 0.25) is 0 Å². The molecule has 1 N–H and O–H groups in total. The second-order valence-corrected chi connectivity index (χ2v) is 8.92. The van der Waals surface area contributed by atoms with Crippen molar-refractivity contribution in [2.24, 2.45) is 0 Å². The number of nitrogens with zero attached hydrogens (tertiary/aromatic N) is 5. The summed E-state index contributed by atoms with van der Waals surface area (Å²) in [6.45, 7) is 0. The summed E-state index contributed by atoms with van der Waals surface area (Å²) in [5.74, 6) is 1.89. The number of hydrogen-bond donors (Lipinski definition) is 1. The van der Waals surface area contributed by atoms with Crippen molar-refractivity contribution in [1.29, 1.82) is 0 Å².